The quantitative estimate of drug-likeness (QED) is 0.679. The van der Waals surface area contributed by atoms with E-state index in [0.717, 1.165) is 18.5 Å². The Kier molecular flexibility index (Phi) is 1.96. The molecule has 1 saturated heterocycles. The molecule has 0 radical (unpaired) electrons. The van der Waals surface area contributed by atoms with Crippen LogP contribution in [0.5, 0.6) is 0 Å². The van der Waals surface area contributed by atoms with E-state index in [1.165, 1.54) is 6.42 Å². The minimum Gasteiger partial charge on any atom is -0.383 e. The molecule has 1 aliphatic rings. The summed E-state index contributed by atoms with van der Waals surface area (Å²) < 4.78 is 0. The second kappa shape index (κ2) is 3.00. The summed E-state index contributed by atoms with van der Waals surface area (Å²) in [6.45, 7) is 3.26. The number of hydrogen-bond donors (Lipinski definition) is 2. The first-order valence-electron chi connectivity index (χ1n) is 4.68. The number of nitrogens with two attached hydrogens (primary N) is 1. The van der Waals surface area contributed by atoms with Gasteiger partial charge in [0.15, 0.2) is 0 Å². The number of rotatable bonds is 1. The third-order valence-corrected chi connectivity index (χ3v) is 2.80. The molecule has 1 unspecified atom stereocenters. The van der Waals surface area contributed by atoms with Crippen molar-refractivity contribution in [2.24, 2.45) is 0 Å². The SMILES string of the molecule is CC1(c2cccnc2N)CCCN1. The number of anilines is 1. The molecule has 0 saturated carbocycles. The van der Waals surface area contributed by atoms with Gasteiger partial charge in [-0.3, -0.25) is 0 Å². The van der Waals surface area contributed by atoms with Gasteiger partial charge in [0, 0.05) is 17.3 Å². The molecule has 1 aromatic heterocycles. The lowest BCUT2D eigenvalue weighted by Crippen LogP contribution is -2.34. The number of nitrogens with one attached hydrogen (secondary N) is 1. The van der Waals surface area contributed by atoms with E-state index in [1.807, 2.05) is 6.07 Å². The van der Waals surface area contributed by atoms with E-state index in [9.17, 15) is 0 Å². The highest BCUT2D eigenvalue weighted by molar-refractivity contribution is 5.43. The van der Waals surface area contributed by atoms with Gasteiger partial charge >= 0.3 is 0 Å². The standard InChI is InChI=1S/C10H15N3/c1-10(5-3-7-13-10)8-4-2-6-12-9(8)11/h2,4,6,13H,3,5,7H2,1H3,(H2,11,12). The van der Waals surface area contributed by atoms with Crippen LogP contribution in [-0.2, 0) is 5.54 Å². The van der Waals surface area contributed by atoms with E-state index in [-0.39, 0.29) is 5.54 Å². The molecule has 2 heterocycles. The number of nitrogen functional groups attached to an aromatic ring is 1. The predicted octanol–water partition coefficient (Wildman–Crippen LogP) is 1.26. The second-order valence-electron chi connectivity index (χ2n) is 3.80. The van der Waals surface area contributed by atoms with E-state index >= 15 is 0 Å². The summed E-state index contributed by atoms with van der Waals surface area (Å²) >= 11 is 0. The average Bonchev–Trinajstić information content (AvgIpc) is 2.54. The molecule has 3 nitrogen and oxygen atoms in total. The molecule has 70 valence electrons. The minimum atomic E-state index is 0.0400. The van der Waals surface area contributed by atoms with Crippen molar-refractivity contribution < 1.29 is 0 Å². The van der Waals surface area contributed by atoms with Crippen molar-refractivity contribution in [3.8, 4) is 0 Å². The Labute approximate surface area is 78.4 Å². The van der Waals surface area contributed by atoms with Crippen LogP contribution in [0.15, 0.2) is 18.3 Å². The smallest absolute Gasteiger partial charge is 0.128 e. The highest BCUT2D eigenvalue weighted by Gasteiger charge is 2.31. The first kappa shape index (κ1) is 8.51. The summed E-state index contributed by atoms with van der Waals surface area (Å²) in [5, 5.41) is 3.47. The lowest BCUT2D eigenvalue weighted by Gasteiger charge is -2.25. The van der Waals surface area contributed by atoms with E-state index in [4.69, 9.17) is 5.73 Å². The fraction of sp³-hybridized carbons (Fsp3) is 0.500. The number of pyridine rings is 1. The Morgan fingerprint density at radius 3 is 3.08 bits per heavy atom. The van der Waals surface area contributed by atoms with Crippen molar-refractivity contribution in [2.45, 2.75) is 25.3 Å². The van der Waals surface area contributed by atoms with Crippen LogP contribution in [0.1, 0.15) is 25.3 Å². The lowest BCUT2D eigenvalue weighted by molar-refractivity contribution is 0.435. The van der Waals surface area contributed by atoms with Gasteiger partial charge in [-0.2, -0.15) is 0 Å². The molecule has 1 aliphatic heterocycles. The van der Waals surface area contributed by atoms with Crippen LogP contribution in [-0.4, -0.2) is 11.5 Å². The van der Waals surface area contributed by atoms with Crippen molar-refractivity contribution in [1.29, 1.82) is 0 Å². The summed E-state index contributed by atoms with van der Waals surface area (Å²) in [6.07, 6.45) is 4.09. The average molecular weight is 177 g/mol. The minimum absolute atomic E-state index is 0.0400. The number of nitrogens with zero attached hydrogens (tertiary/aromatic N) is 1. The molecule has 1 atom stereocenters. The van der Waals surface area contributed by atoms with Crippen molar-refractivity contribution in [2.75, 3.05) is 12.3 Å². The molecule has 1 fully saturated rings. The Morgan fingerprint density at radius 2 is 2.46 bits per heavy atom. The molecular formula is C10H15N3. The van der Waals surface area contributed by atoms with Crippen LogP contribution in [0.2, 0.25) is 0 Å². The van der Waals surface area contributed by atoms with E-state index < -0.39 is 0 Å². The van der Waals surface area contributed by atoms with E-state index in [2.05, 4.69) is 23.3 Å². The fourth-order valence-electron chi connectivity index (χ4n) is 2.01. The largest absolute Gasteiger partial charge is 0.383 e. The zero-order valence-corrected chi connectivity index (χ0v) is 7.88. The van der Waals surface area contributed by atoms with Gasteiger partial charge in [-0.25, -0.2) is 4.98 Å². The molecule has 3 heteroatoms. The number of hydrogen-bond acceptors (Lipinski definition) is 3. The zero-order valence-electron chi connectivity index (χ0n) is 7.88. The predicted molar refractivity (Wildman–Crippen MR) is 53.2 cm³/mol. The maximum atomic E-state index is 5.83. The highest BCUT2D eigenvalue weighted by atomic mass is 15.0. The lowest BCUT2D eigenvalue weighted by atomic mass is 9.91. The molecule has 3 N–H and O–H groups in total. The molecule has 1 aromatic rings. The van der Waals surface area contributed by atoms with Gasteiger partial charge in [0.1, 0.15) is 5.82 Å². The summed E-state index contributed by atoms with van der Waals surface area (Å²) in [6, 6.07) is 4.00. The monoisotopic (exact) mass is 177 g/mol. The molecule has 0 aliphatic carbocycles. The summed E-state index contributed by atoms with van der Waals surface area (Å²) in [5.41, 5.74) is 7.01. The Morgan fingerprint density at radius 1 is 1.62 bits per heavy atom. The van der Waals surface area contributed by atoms with Crippen molar-refractivity contribution >= 4 is 5.82 Å². The van der Waals surface area contributed by atoms with Crippen LogP contribution >= 0.6 is 0 Å². The second-order valence-corrected chi connectivity index (χ2v) is 3.80. The fourth-order valence-corrected chi connectivity index (χ4v) is 2.01. The third-order valence-electron chi connectivity index (χ3n) is 2.80. The highest BCUT2D eigenvalue weighted by Crippen LogP contribution is 2.32. The van der Waals surface area contributed by atoms with Gasteiger partial charge in [-0.05, 0) is 32.4 Å². The van der Waals surface area contributed by atoms with E-state index in [1.54, 1.807) is 6.20 Å². The zero-order chi connectivity index (χ0) is 9.31. The summed E-state index contributed by atoms with van der Waals surface area (Å²) in [5.74, 6) is 0.652. The Bertz CT molecular complexity index is 303. The normalized spacial score (nSPS) is 27.8. The van der Waals surface area contributed by atoms with Crippen LogP contribution in [0.3, 0.4) is 0 Å². The van der Waals surface area contributed by atoms with Crippen molar-refractivity contribution in [3.05, 3.63) is 23.9 Å². The summed E-state index contributed by atoms with van der Waals surface area (Å²) in [7, 11) is 0. The topological polar surface area (TPSA) is 50.9 Å². The van der Waals surface area contributed by atoms with Crippen molar-refractivity contribution in [3.63, 3.8) is 0 Å². The third kappa shape index (κ3) is 1.40. The first-order valence-corrected chi connectivity index (χ1v) is 4.68. The van der Waals surface area contributed by atoms with Gasteiger partial charge < -0.3 is 11.1 Å². The summed E-state index contributed by atoms with van der Waals surface area (Å²) in [4.78, 5) is 4.11. The van der Waals surface area contributed by atoms with Gasteiger partial charge in [-0.15, -0.1) is 0 Å². The van der Waals surface area contributed by atoms with Crippen LogP contribution in [0.4, 0.5) is 5.82 Å². The molecule has 0 bridgehead atoms. The Hall–Kier alpha value is -1.09. The van der Waals surface area contributed by atoms with Crippen molar-refractivity contribution in [1.82, 2.24) is 10.3 Å². The molecular weight excluding hydrogens is 162 g/mol. The van der Waals surface area contributed by atoms with Gasteiger partial charge in [-0.1, -0.05) is 6.07 Å². The van der Waals surface area contributed by atoms with Gasteiger partial charge in [0.05, 0.1) is 0 Å². The van der Waals surface area contributed by atoms with Crippen LogP contribution in [0, 0.1) is 0 Å². The maximum absolute atomic E-state index is 5.83. The molecule has 2 rings (SSSR count). The van der Waals surface area contributed by atoms with Gasteiger partial charge in [0.2, 0.25) is 0 Å². The maximum Gasteiger partial charge on any atom is 0.128 e. The van der Waals surface area contributed by atoms with Gasteiger partial charge in [0.25, 0.3) is 0 Å². The van der Waals surface area contributed by atoms with Crippen LogP contribution < -0.4 is 11.1 Å². The van der Waals surface area contributed by atoms with E-state index in [0.29, 0.717) is 5.82 Å². The molecule has 0 spiro atoms. The molecule has 0 aromatic carbocycles. The first-order chi connectivity index (χ1) is 6.22. The Balaban J connectivity index is 2.39. The molecule has 0 amide bonds. The molecule has 13 heavy (non-hydrogen) atoms. The number of aromatic nitrogens is 1. The van der Waals surface area contributed by atoms with Crippen LogP contribution in [0.25, 0.3) is 0 Å².